The number of hydrogen-bond donors (Lipinski definition) is 1. The predicted molar refractivity (Wildman–Crippen MR) is 90.5 cm³/mol. The number of carbonyl (C=O) groups is 1. The zero-order chi connectivity index (χ0) is 17.5. The number of aromatic carboxylic acids is 1. The molecule has 0 radical (unpaired) electrons. The van der Waals surface area contributed by atoms with Crippen molar-refractivity contribution < 1.29 is 18.7 Å². The minimum Gasteiger partial charge on any atom is -0.478 e. The van der Waals surface area contributed by atoms with E-state index in [0.29, 0.717) is 0 Å². The summed E-state index contributed by atoms with van der Waals surface area (Å²) >= 11 is 1.36. The molecule has 0 aromatic heterocycles. The van der Waals surface area contributed by atoms with Crippen LogP contribution in [0.4, 0.5) is 8.78 Å². The monoisotopic (exact) mass is 348 g/mol. The van der Waals surface area contributed by atoms with Crippen LogP contribution in [0, 0.1) is 17.0 Å². The molecule has 5 heteroatoms. The average Bonchev–Trinajstić information content (AvgIpc) is 2.82. The zero-order valence-corrected chi connectivity index (χ0v) is 14.3. The van der Waals surface area contributed by atoms with Crippen molar-refractivity contribution in [2.45, 2.75) is 37.3 Å². The van der Waals surface area contributed by atoms with E-state index in [1.807, 2.05) is 12.1 Å². The van der Waals surface area contributed by atoms with Crippen molar-refractivity contribution in [1.82, 2.24) is 0 Å². The van der Waals surface area contributed by atoms with Gasteiger partial charge in [0.15, 0.2) is 11.6 Å². The third kappa shape index (κ3) is 3.18. The maximum Gasteiger partial charge on any atom is 0.336 e. The summed E-state index contributed by atoms with van der Waals surface area (Å²) in [5.41, 5.74) is 2.43. The van der Waals surface area contributed by atoms with Crippen LogP contribution in [-0.4, -0.2) is 11.1 Å². The van der Waals surface area contributed by atoms with E-state index in [4.69, 9.17) is 0 Å². The van der Waals surface area contributed by atoms with Crippen molar-refractivity contribution in [2.75, 3.05) is 0 Å². The lowest BCUT2D eigenvalue weighted by atomic mass is 9.90. The predicted octanol–water partition coefficient (Wildman–Crippen LogP) is 5.08. The summed E-state index contributed by atoms with van der Waals surface area (Å²) in [5, 5.41) is 9.20. The molecular weight excluding hydrogens is 330 g/mol. The molecule has 1 aliphatic rings. The van der Waals surface area contributed by atoms with Crippen molar-refractivity contribution in [3.8, 4) is 0 Å². The van der Waals surface area contributed by atoms with E-state index in [1.54, 1.807) is 0 Å². The first-order chi connectivity index (χ1) is 11.3. The Labute approximate surface area is 143 Å². The van der Waals surface area contributed by atoms with Gasteiger partial charge in [-0.05, 0) is 47.6 Å². The molecule has 0 fully saturated rings. The molecule has 2 aromatic rings. The second-order valence-electron chi connectivity index (χ2n) is 6.89. The summed E-state index contributed by atoms with van der Waals surface area (Å²) in [4.78, 5) is 12.3. The van der Waals surface area contributed by atoms with E-state index in [1.165, 1.54) is 22.9 Å². The van der Waals surface area contributed by atoms with Crippen LogP contribution in [0.15, 0.2) is 35.2 Å². The lowest BCUT2D eigenvalue weighted by Gasteiger charge is -2.15. The molecule has 0 bridgehead atoms. The molecule has 0 amide bonds. The zero-order valence-electron chi connectivity index (χ0n) is 13.5. The Kier molecular flexibility index (Phi) is 4.38. The molecule has 0 spiro atoms. The minimum absolute atomic E-state index is 0.0854. The van der Waals surface area contributed by atoms with Crippen LogP contribution in [0.3, 0.4) is 0 Å². The molecule has 2 aromatic carbocycles. The Hall–Kier alpha value is -1.88. The van der Waals surface area contributed by atoms with Gasteiger partial charge in [0.2, 0.25) is 0 Å². The molecule has 126 valence electrons. The fraction of sp³-hybridized carbons (Fsp3) is 0.316. The van der Waals surface area contributed by atoms with Gasteiger partial charge in [-0.25, -0.2) is 13.6 Å². The smallest absolute Gasteiger partial charge is 0.336 e. The first-order valence-corrected chi connectivity index (χ1v) is 8.71. The summed E-state index contributed by atoms with van der Waals surface area (Å²) in [5.74, 6) is -3.25. The number of thioether (sulfide) groups is 1. The van der Waals surface area contributed by atoms with Gasteiger partial charge in [0.05, 0.1) is 5.56 Å². The van der Waals surface area contributed by atoms with Crippen LogP contribution in [0.1, 0.15) is 40.9 Å². The van der Waals surface area contributed by atoms with Crippen LogP contribution in [0.5, 0.6) is 0 Å². The normalized spacial score (nSPS) is 15.3. The molecule has 1 aliphatic carbocycles. The molecule has 0 saturated carbocycles. The molecule has 3 rings (SSSR count). The molecule has 0 saturated heterocycles. The Morgan fingerprint density at radius 2 is 1.96 bits per heavy atom. The second kappa shape index (κ2) is 6.20. The van der Waals surface area contributed by atoms with E-state index < -0.39 is 17.6 Å². The summed E-state index contributed by atoms with van der Waals surface area (Å²) in [6.45, 7) is 4.41. The standard InChI is InChI=1S/C19H18F2O2S/c1-19(2)8-11-4-3-5-16(13(11)9-19)24-10-14-12(18(22)23)6-7-15(20)17(14)21/h3-7H,8-10H2,1-2H3,(H,22,23). The number of fused-ring (bicyclic) bond motifs is 1. The number of rotatable bonds is 4. The highest BCUT2D eigenvalue weighted by Gasteiger charge is 2.30. The Morgan fingerprint density at radius 1 is 1.21 bits per heavy atom. The van der Waals surface area contributed by atoms with Crippen LogP contribution in [-0.2, 0) is 18.6 Å². The molecule has 0 unspecified atom stereocenters. The van der Waals surface area contributed by atoms with Gasteiger partial charge in [0.25, 0.3) is 0 Å². The lowest BCUT2D eigenvalue weighted by molar-refractivity contribution is 0.0695. The van der Waals surface area contributed by atoms with Crippen molar-refractivity contribution in [1.29, 1.82) is 0 Å². The van der Waals surface area contributed by atoms with Crippen LogP contribution < -0.4 is 0 Å². The molecule has 0 atom stereocenters. The summed E-state index contributed by atoms with van der Waals surface area (Å²) in [6.07, 6.45) is 1.92. The van der Waals surface area contributed by atoms with Crippen molar-refractivity contribution in [2.24, 2.45) is 5.41 Å². The van der Waals surface area contributed by atoms with Gasteiger partial charge in [0, 0.05) is 16.2 Å². The molecule has 0 heterocycles. The van der Waals surface area contributed by atoms with E-state index >= 15 is 0 Å². The number of hydrogen-bond acceptors (Lipinski definition) is 2. The van der Waals surface area contributed by atoms with Crippen molar-refractivity contribution in [3.05, 3.63) is 64.2 Å². The molecule has 0 aliphatic heterocycles. The number of halogens is 2. The third-order valence-corrected chi connectivity index (χ3v) is 5.48. The fourth-order valence-corrected chi connectivity index (χ4v) is 4.39. The second-order valence-corrected chi connectivity index (χ2v) is 7.91. The molecule has 24 heavy (non-hydrogen) atoms. The Bertz CT molecular complexity index is 815. The van der Waals surface area contributed by atoms with Gasteiger partial charge in [-0.1, -0.05) is 26.0 Å². The Balaban J connectivity index is 1.90. The lowest BCUT2D eigenvalue weighted by Crippen LogP contribution is -2.09. The van der Waals surface area contributed by atoms with E-state index in [-0.39, 0.29) is 22.3 Å². The van der Waals surface area contributed by atoms with Gasteiger partial charge in [-0.3, -0.25) is 0 Å². The first-order valence-electron chi connectivity index (χ1n) is 7.72. The number of carboxylic acid groups (broad SMARTS) is 1. The number of carboxylic acids is 1. The van der Waals surface area contributed by atoms with Crippen LogP contribution in [0.25, 0.3) is 0 Å². The largest absolute Gasteiger partial charge is 0.478 e. The summed E-state index contributed by atoms with van der Waals surface area (Å²) < 4.78 is 27.6. The maximum absolute atomic E-state index is 14.1. The third-order valence-electron chi connectivity index (χ3n) is 4.35. The highest BCUT2D eigenvalue weighted by atomic mass is 32.2. The average molecular weight is 348 g/mol. The van der Waals surface area contributed by atoms with Crippen molar-refractivity contribution >= 4 is 17.7 Å². The van der Waals surface area contributed by atoms with Crippen LogP contribution >= 0.6 is 11.8 Å². The Morgan fingerprint density at radius 3 is 2.67 bits per heavy atom. The van der Waals surface area contributed by atoms with Gasteiger partial charge < -0.3 is 5.11 Å². The molecule has 1 N–H and O–H groups in total. The maximum atomic E-state index is 14.1. The minimum atomic E-state index is -1.25. The van der Waals surface area contributed by atoms with Gasteiger partial charge in [0.1, 0.15) is 0 Å². The fourth-order valence-electron chi connectivity index (χ4n) is 3.25. The van der Waals surface area contributed by atoms with E-state index in [9.17, 15) is 18.7 Å². The van der Waals surface area contributed by atoms with Crippen molar-refractivity contribution in [3.63, 3.8) is 0 Å². The molecule has 2 nitrogen and oxygen atoms in total. The van der Waals surface area contributed by atoms with Gasteiger partial charge >= 0.3 is 5.97 Å². The highest BCUT2D eigenvalue weighted by molar-refractivity contribution is 7.98. The highest BCUT2D eigenvalue weighted by Crippen LogP contribution is 2.41. The first kappa shape index (κ1) is 17.0. The topological polar surface area (TPSA) is 37.3 Å². The number of benzene rings is 2. The SMILES string of the molecule is CC1(C)Cc2cccc(SCc3c(C(=O)O)ccc(F)c3F)c2C1. The van der Waals surface area contributed by atoms with E-state index in [2.05, 4.69) is 19.9 Å². The summed E-state index contributed by atoms with van der Waals surface area (Å²) in [7, 11) is 0. The van der Waals surface area contributed by atoms with Gasteiger partial charge in [-0.15, -0.1) is 11.8 Å². The molecular formula is C19H18F2O2S. The van der Waals surface area contributed by atoms with Gasteiger partial charge in [-0.2, -0.15) is 0 Å². The summed E-state index contributed by atoms with van der Waals surface area (Å²) in [6, 6.07) is 8.00. The quantitative estimate of drug-likeness (QED) is 0.783. The van der Waals surface area contributed by atoms with Crippen LogP contribution in [0.2, 0.25) is 0 Å². The van der Waals surface area contributed by atoms with E-state index in [0.717, 1.165) is 29.9 Å².